The molecule has 138 valence electrons. The van der Waals surface area contributed by atoms with Gasteiger partial charge in [0.15, 0.2) is 0 Å². The van der Waals surface area contributed by atoms with Crippen LogP contribution in [0.25, 0.3) is 27.7 Å². The molecule has 0 aliphatic carbocycles. The third kappa shape index (κ3) is 4.04. The van der Waals surface area contributed by atoms with E-state index in [0.717, 1.165) is 38.9 Å². The number of pyridine rings is 2. The molecule has 0 fully saturated rings. The van der Waals surface area contributed by atoms with Crippen LogP contribution < -0.4 is 0 Å². The van der Waals surface area contributed by atoms with Crippen molar-refractivity contribution in [1.82, 2.24) is 9.97 Å². The van der Waals surface area contributed by atoms with Gasteiger partial charge in [0.25, 0.3) is 0 Å². The topological polar surface area (TPSA) is 49.6 Å². The van der Waals surface area contributed by atoms with Crippen LogP contribution in [0, 0.1) is 5.41 Å². The number of nitrogens with zero attached hydrogens (tertiary/aromatic N) is 2. The summed E-state index contributed by atoms with van der Waals surface area (Å²) >= 11 is 0. The molecule has 3 heteroatoms. The molecule has 0 bridgehead atoms. The van der Waals surface area contributed by atoms with Gasteiger partial charge in [-0.3, -0.25) is 9.97 Å². The minimum atomic E-state index is 0.914. The van der Waals surface area contributed by atoms with Gasteiger partial charge in [0.1, 0.15) is 0 Å². The van der Waals surface area contributed by atoms with Gasteiger partial charge in [0.05, 0.1) is 11.2 Å². The summed E-state index contributed by atoms with van der Waals surface area (Å²) in [6, 6.07) is 24.3. The lowest BCUT2D eigenvalue weighted by Gasteiger charge is -2.10. The number of allylic oxidation sites excluding steroid dienone is 1. The Labute approximate surface area is 165 Å². The maximum absolute atomic E-state index is 7.52. The SMILES string of the molecule is CC.N=C/C=C(/c1ccccc1)c1ccc2c(-c3ccccn3)ccnc2c1. The minimum Gasteiger partial charge on any atom is -0.309 e. The van der Waals surface area contributed by atoms with E-state index in [9.17, 15) is 0 Å². The van der Waals surface area contributed by atoms with E-state index < -0.39 is 0 Å². The maximum Gasteiger partial charge on any atom is 0.0714 e. The van der Waals surface area contributed by atoms with Crippen molar-refractivity contribution in [3.05, 3.63) is 102 Å². The van der Waals surface area contributed by atoms with Crippen LogP contribution >= 0.6 is 0 Å². The quantitative estimate of drug-likeness (QED) is 0.425. The highest BCUT2D eigenvalue weighted by molar-refractivity contribution is 5.97. The standard InChI is InChI=1S/C23H17N3.C2H6/c24-13-11-19(17-6-2-1-3-7-17)18-9-10-20-21(12-15-26-23(20)16-18)22-8-4-5-14-25-22;1-2/h1-16,24H;1-2H3/b19-11-,24-13?;. The van der Waals surface area contributed by atoms with Crippen molar-refractivity contribution in [2.24, 2.45) is 0 Å². The smallest absolute Gasteiger partial charge is 0.0714 e. The summed E-state index contributed by atoms with van der Waals surface area (Å²) in [7, 11) is 0. The molecule has 0 saturated carbocycles. The summed E-state index contributed by atoms with van der Waals surface area (Å²) in [5, 5.41) is 8.58. The van der Waals surface area contributed by atoms with Crippen molar-refractivity contribution in [2.45, 2.75) is 13.8 Å². The number of hydrogen-bond donors (Lipinski definition) is 1. The summed E-state index contributed by atoms with van der Waals surface area (Å²) < 4.78 is 0. The van der Waals surface area contributed by atoms with E-state index in [0.29, 0.717) is 0 Å². The molecule has 0 aliphatic heterocycles. The first-order valence-corrected chi connectivity index (χ1v) is 9.43. The highest BCUT2D eigenvalue weighted by Gasteiger charge is 2.09. The predicted molar refractivity (Wildman–Crippen MR) is 119 cm³/mol. The number of benzene rings is 2. The first-order valence-electron chi connectivity index (χ1n) is 9.43. The van der Waals surface area contributed by atoms with Crippen molar-refractivity contribution in [1.29, 1.82) is 5.41 Å². The van der Waals surface area contributed by atoms with E-state index in [2.05, 4.69) is 40.3 Å². The molecule has 0 saturated heterocycles. The summed E-state index contributed by atoms with van der Waals surface area (Å²) in [5.41, 5.74) is 6.05. The Morgan fingerprint density at radius 2 is 1.57 bits per heavy atom. The second-order valence-electron chi connectivity index (χ2n) is 5.92. The number of hydrogen-bond acceptors (Lipinski definition) is 3. The molecule has 1 N–H and O–H groups in total. The highest BCUT2D eigenvalue weighted by atomic mass is 14.7. The van der Waals surface area contributed by atoms with Gasteiger partial charge in [-0.05, 0) is 47.0 Å². The van der Waals surface area contributed by atoms with Crippen molar-refractivity contribution < 1.29 is 0 Å². The van der Waals surface area contributed by atoms with Crippen LogP contribution in [0.3, 0.4) is 0 Å². The molecular weight excluding hydrogens is 342 g/mol. The fraction of sp³-hybridized carbons (Fsp3) is 0.0800. The zero-order valence-electron chi connectivity index (χ0n) is 16.1. The minimum absolute atomic E-state index is 0.914. The molecule has 4 aromatic rings. The molecule has 2 aromatic heterocycles. The van der Waals surface area contributed by atoms with Crippen LogP contribution in [-0.2, 0) is 0 Å². The van der Waals surface area contributed by atoms with E-state index in [-0.39, 0.29) is 0 Å². The zero-order valence-corrected chi connectivity index (χ0v) is 16.1. The Balaban J connectivity index is 0.00000109. The second-order valence-corrected chi connectivity index (χ2v) is 5.92. The van der Waals surface area contributed by atoms with Crippen LogP contribution in [0.2, 0.25) is 0 Å². The number of nitrogens with one attached hydrogen (secondary N) is 1. The third-order valence-electron chi connectivity index (χ3n) is 4.33. The molecular formula is C25H23N3. The van der Waals surface area contributed by atoms with E-state index in [1.54, 1.807) is 6.20 Å². The number of fused-ring (bicyclic) bond motifs is 1. The molecule has 2 aromatic carbocycles. The van der Waals surface area contributed by atoms with Gasteiger partial charge in [-0.15, -0.1) is 0 Å². The molecule has 0 aliphatic rings. The van der Waals surface area contributed by atoms with E-state index in [1.807, 2.05) is 68.6 Å². The van der Waals surface area contributed by atoms with Gasteiger partial charge in [0, 0.05) is 29.6 Å². The summed E-state index contributed by atoms with van der Waals surface area (Å²) in [6.07, 6.45) is 6.76. The summed E-state index contributed by atoms with van der Waals surface area (Å²) in [6.45, 7) is 4.00. The highest BCUT2D eigenvalue weighted by Crippen LogP contribution is 2.30. The van der Waals surface area contributed by atoms with Crippen LogP contribution in [0.15, 0.2) is 91.3 Å². The van der Waals surface area contributed by atoms with Crippen molar-refractivity contribution >= 4 is 22.7 Å². The first-order chi connectivity index (χ1) is 13.9. The van der Waals surface area contributed by atoms with Gasteiger partial charge in [0.2, 0.25) is 0 Å². The Kier molecular flexibility index (Phi) is 6.42. The van der Waals surface area contributed by atoms with Gasteiger partial charge >= 0.3 is 0 Å². The third-order valence-corrected chi connectivity index (χ3v) is 4.33. The average Bonchev–Trinajstić information content (AvgIpc) is 2.79. The van der Waals surface area contributed by atoms with Crippen molar-refractivity contribution in [2.75, 3.05) is 0 Å². The van der Waals surface area contributed by atoms with Crippen LogP contribution in [-0.4, -0.2) is 16.2 Å². The monoisotopic (exact) mass is 365 g/mol. The Morgan fingerprint density at radius 1 is 0.786 bits per heavy atom. The maximum atomic E-state index is 7.52. The lowest BCUT2D eigenvalue weighted by molar-refractivity contribution is 1.32. The molecule has 0 amide bonds. The van der Waals surface area contributed by atoms with Gasteiger partial charge < -0.3 is 5.41 Å². The van der Waals surface area contributed by atoms with Gasteiger partial charge in [-0.1, -0.05) is 62.4 Å². The number of rotatable bonds is 4. The molecule has 0 spiro atoms. The normalized spacial score (nSPS) is 10.9. The van der Waals surface area contributed by atoms with Crippen molar-refractivity contribution in [3.8, 4) is 11.3 Å². The van der Waals surface area contributed by atoms with Crippen LogP contribution in [0.4, 0.5) is 0 Å². The lowest BCUT2D eigenvalue weighted by Crippen LogP contribution is -1.91. The molecule has 2 heterocycles. The predicted octanol–water partition coefficient (Wildman–Crippen LogP) is 6.40. The molecule has 28 heavy (non-hydrogen) atoms. The average molecular weight is 365 g/mol. The first kappa shape index (κ1) is 19.2. The van der Waals surface area contributed by atoms with Crippen molar-refractivity contribution in [3.63, 3.8) is 0 Å². The summed E-state index contributed by atoms with van der Waals surface area (Å²) in [5.74, 6) is 0. The van der Waals surface area contributed by atoms with E-state index in [1.165, 1.54) is 6.21 Å². The lowest BCUT2D eigenvalue weighted by atomic mass is 9.95. The van der Waals surface area contributed by atoms with Crippen LogP contribution in [0.5, 0.6) is 0 Å². The van der Waals surface area contributed by atoms with Crippen LogP contribution in [0.1, 0.15) is 25.0 Å². The molecule has 3 nitrogen and oxygen atoms in total. The largest absolute Gasteiger partial charge is 0.309 e. The number of aromatic nitrogens is 2. The fourth-order valence-electron chi connectivity index (χ4n) is 3.12. The van der Waals surface area contributed by atoms with Gasteiger partial charge in [-0.25, -0.2) is 0 Å². The van der Waals surface area contributed by atoms with E-state index in [4.69, 9.17) is 5.41 Å². The summed E-state index contributed by atoms with van der Waals surface area (Å²) in [4.78, 5) is 9.02. The Bertz CT molecular complexity index is 1080. The molecule has 0 radical (unpaired) electrons. The molecule has 0 unspecified atom stereocenters. The zero-order chi connectivity index (χ0) is 19.8. The second kappa shape index (κ2) is 9.38. The Hall–Kier alpha value is -3.59. The molecule has 4 rings (SSSR count). The molecule has 0 atom stereocenters. The Morgan fingerprint density at radius 3 is 2.29 bits per heavy atom. The van der Waals surface area contributed by atoms with Gasteiger partial charge in [-0.2, -0.15) is 0 Å². The fourth-order valence-corrected chi connectivity index (χ4v) is 3.12. The van der Waals surface area contributed by atoms with E-state index >= 15 is 0 Å².